The number of carbonyl (C=O) groups excluding carboxylic acids is 1. The lowest BCUT2D eigenvalue weighted by Gasteiger charge is -2.45. The van der Waals surface area contributed by atoms with Crippen molar-refractivity contribution in [3.63, 3.8) is 0 Å². The molecule has 2 aliphatic heterocycles. The van der Waals surface area contributed by atoms with Crippen LogP contribution >= 0.6 is 11.6 Å². The molecule has 4 nitrogen and oxygen atoms in total. The second kappa shape index (κ2) is 6.80. The number of aliphatic hydroxyl groups is 1. The minimum absolute atomic E-state index is 0.0915. The Morgan fingerprint density at radius 3 is 2.83 bits per heavy atom. The summed E-state index contributed by atoms with van der Waals surface area (Å²) < 4.78 is 0. The number of rotatable bonds is 3. The number of likely N-dealkylation sites (tertiary alicyclic amines) is 1. The topological polar surface area (TPSA) is 43.8 Å². The molecule has 2 heterocycles. The molecule has 0 aromatic heterocycles. The third-order valence-electron chi connectivity index (χ3n) is 5.19. The molecular formula is C18H25ClN2O2. The zero-order chi connectivity index (χ0) is 16.4. The highest BCUT2D eigenvalue weighted by Crippen LogP contribution is 2.34. The van der Waals surface area contributed by atoms with E-state index >= 15 is 0 Å². The van der Waals surface area contributed by atoms with E-state index in [-0.39, 0.29) is 24.0 Å². The Bertz CT molecular complexity index is 580. The van der Waals surface area contributed by atoms with Crippen molar-refractivity contribution in [2.45, 2.75) is 38.6 Å². The quantitative estimate of drug-likeness (QED) is 0.923. The standard InChI is InChI=1S/C18H25ClN2O2/c1-18(13-22)9-5-10-20(12-18)16-8-4-11-21(17(16)23)15-7-3-2-6-14(15)19/h2-3,6-7,16,22H,4-5,8-13H2,1H3. The van der Waals surface area contributed by atoms with Crippen molar-refractivity contribution in [1.29, 1.82) is 0 Å². The van der Waals surface area contributed by atoms with Crippen molar-refractivity contribution in [3.8, 4) is 0 Å². The predicted octanol–water partition coefficient (Wildman–Crippen LogP) is 2.93. The third kappa shape index (κ3) is 3.39. The number of halogens is 1. The summed E-state index contributed by atoms with van der Waals surface area (Å²) in [5.41, 5.74) is 0.719. The average Bonchev–Trinajstić information content (AvgIpc) is 2.56. The minimum Gasteiger partial charge on any atom is -0.396 e. The first-order chi connectivity index (χ1) is 11.0. The Kier molecular flexibility index (Phi) is 4.95. The highest BCUT2D eigenvalue weighted by molar-refractivity contribution is 6.33. The maximum absolute atomic E-state index is 13.0. The summed E-state index contributed by atoms with van der Waals surface area (Å²) in [4.78, 5) is 17.1. The van der Waals surface area contributed by atoms with Crippen molar-refractivity contribution < 1.29 is 9.90 Å². The lowest BCUT2D eigenvalue weighted by Crippen LogP contribution is -2.57. The molecule has 0 saturated carbocycles. The molecule has 1 amide bonds. The van der Waals surface area contributed by atoms with Crippen LogP contribution in [0.2, 0.25) is 5.02 Å². The zero-order valence-corrected chi connectivity index (χ0v) is 14.4. The van der Waals surface area contributed by atoms with Gasteiger partial charge in [0.2, 0.25) is 5.91 Å². The normalized spacial score (nSPS) is 29.8. The molecule has 0 spiro atoms. The van der Waals surface area contributed by atoms with Crippen LogP contribution in [-0.2, 0) is 4.79 Å². The molecule has 23 heavy (non-hydrogen) atoms. The van der Waals surface area contributed by atoms with Crippen molar-refractivity contribution >= 4 is 23.2 Å². The smallest absolute Gasteiger partial charge is 0.244 e. The number of carbonyl (C=O) groups is 1. The number of benzene rings is 1. The van der Waals surface area contributed by atoms with Gasteiger partial charge in [-0.1, -0.05) is 30.7 Å². The zero-order valence-electron chi connectivity index (χ0n) is 13.7. The molecule has 2 saturated heterocycles. The van der Waals surface area contributed by atoms with Gasteiger partial charge in [0.1, 0.15) is 0 Å². The monoisotopic (exact) mass is 336 g/mol. The van der Waals surface area contributed by atoms with Gasteiger partial charge in [-0.05, 0) is 44.4 Å². The molecule has 0 bridgehead atoms. The van der Waals surface area contributed by atoms with Crippen LogP contribution in [0.15, 0.2) is 24.3 Å². The Morgan fingerprint density at radius 2 is 2.09 bits per heavy atom. The van der Waals surface area contributed by atoms with Crippen LogP contribution < -0.4 is 4.90 Å². The molecule has 0 aliphatic carbocycles. The van der Waals surface area contributed by atoms with Gasteiger partial charge in [0.15, 0.2) is 0 Å². The van der Waals surface area contributed by atoms with E-state index in [2.05, 4.69) is 11.8 Å². The molecular weight excluding hydrogens is 312 g/mol. The number of hydrogen-bond donors (Lipinski definition) is 1. The molecule has 5 heteroatoms. The van der Waals surface area contributed by atoms with E-state index in [0.717, 1.165) is 51.0 Å². The highest BCUT2D eigenvalue weighted by atomic mass is 35.5. The number of nitrogens with zero attached hydrogens (tertiary/aromatic N) is 2. The minimum atomic E-state index is -0.0921. The number of piperidine rings is 2. The summed E-state index contributed by atoms with van der Waals surface area (Å²) in [6.45, 7) is 4.74. The summed E-state index contributed by atoms with van der Waals surface area (Å²) in [6, 6.07) is 7.46. The number of anilines is 1. The van der Waals surface area contributed by atoms with Crippen molar-refractivity contribution in [2.24, 2.45) is 5.41 Å². The lowest BCUT2D eigenvalue weighted by molar-refractivity contribution is -0.127. The number of para-hydroxylation sites is 1. The van der Waals surface area contributed by atoms with E-state index in [1.165, 1.54) is 0 Å². The van der Waals surface area contributed by atoms with Crippen LogP contribution in [0.1, 0.15) is 32.6 Å². The van der Waals surface area contributed by atoms with Gasteiger partial charge in [-0.25, -0.2) is 0 Å². The van der Waals surface area contributed by atoms with Crippen LogP contribution in [0.4, 0.5) is 5.69 Å². The second-order valence-corrected chi connectivity index (χ2v) is 7.55. The molecule has 2 fully saturated rings. The number of amides is 1. The first kappa shape index (κ1) is 16.7. The summed E-state index contributed by atoms with van der Waals surface area (Å²) >= 11 is 6.28. The SMILES string of the molecule is CC1(CO)CCCN(C2CCCN(c3ccccc3Cl)C2=O)C1. The summed E-state index contributed by atoms with van der Waals surface area (Å²) in [5.74, 6) is 0.145. The predicted molar refractivity (Wildman–Crippen MR) is 92.8 cm³/mol. The van der Waals surface area contributed by atoms with Gasteiger partial charge in [-0.2, -0.15) is 0 Å². The molecule has 1 aromatic rings. The molecule has 1 aromatic carbocycles. The maximum Gasteiger partial charge on any atom is 0.244 e. The molecule has 2 unspecified atom stereocenters. The van der Waals surface area contributed by atoms with Gasteiger partial charge >= 0.3 is 0 Å². The van der Waals surface area contributed by atoms with Gasteiger partial charge in [0.25, 0.3) is 0 Å². The highest BCUT2D eigenvalue weighted by Gasteiger charge is 2.39. The fourth-order valence-corrected chi connectivity index (χ4v) is 4.10. The molecule has 126 valence electrons. The van der Waals surface area contributed by atoms with E-state index in [0.29, 0.717) is 5.02 Å². The van der Waals surface area contributed by atoms with Gasteiger partial charge in [-0.15, -0.1) is 0 Å². The Morgan fingerprint density at radius 1 is 1.30 bits per heavy atom. The van der Waals surface area contributed by atoms with Crippen molar-refractivity contribution in [3.05, 3.63) is 29.3 Å². The van der Waals surface area contributed by atoms with Gasteiger partial charge in [0.05, 0.1) is 16.8 Å². The lowest BCUT2D eigenvalue weighted by atomic mass is 9.81. The molecule has 0 radical (unpaired) electrons. The van der Waals surface area contributed by atoms with Crippen LogP contribution in [0.3, 0.4) is 0 Å². The summed E-state index contributed by atoms with van der Waals surface area (Å²) in [6.07, 6.45) is 3.93. The van der Waals surface area contributed by atoms with E-state index in [9.17, 15) is 9.90 Å². The van der Waals surface area contributed by atoms with Gasteiger partial charge in [-0.3, -0.25) is 9.69 Å². The van der Waals surface area contributed by atoms with E-state index in [1.807, 2.05) is 29.2 Å². The fraction of sp³-hybridized carbons (Fsp3) is 0.611. The fourth-order valence-electron chi connectivity index (χ4n) is 3.86. The maximum atomic E-state index is 13.0. The summed E-state index contributed by atoms with van der Waals surface area (Å²) in [7, 11) is 0. The van der Waals surface area contributed by atoms with Crippen molar-refractivity contribution in [1.82, 2.24) is 4.90 Å². The number of hydrogen-bond acceptors (Lipinski definition) is 3. The summed E-state index contributed by atoms with van der Waals surface area (Å²) in [5, 5.41) is 10.3. The Balaban J connectivity index is 1.79. The molecule has 2 aliphatic rings. The van der Waals surface area contributed by atoms with Crippen molar-refractivity contribution in [2.75, 3.05) is 31.1 Å². The second-order valence-electron chi connectivity index (χ2n) is 7.14. The van der Waals surface area contributed by atoms with Crippen LogP contribution in [0.25, 0.3) is 0 Å². The van der Waals surface area contributed by atoms with E-state index in [1.54, 1.807) is 0 Å². The van der Waals surface area contributed by atoms with E-state index in [4.69, 9.17) is 11.6 Å². The van der Waals surface area contributed by atoms with E-state index < -0.39 is 0 Å². The average molecular weight is 337 g/mol. The molecule has 2 atom stereocenters. The van der Waals surface area contributed by atoms with Crippen LogP contribution in [0, 0.1) is 5.41 Å². The first-order valence-electron chi connectivity index (χ1n) is 8.45. The Hall–Kier alpha value is -1.10. The van der Waals surface area contributed by atoms with Gasteiger partial charge in [0, 0.05) is 25.1 Å². The first-order valence-corrected chi connectivity index (χ1v) is 8.83. The number of aliphatic hydroxyl groups excluding tert-OH is 1. The van der Waals surface area contributed by atoms with Crippen LogP contribution in [0.5, 0.6) is 0 Å². The van der Waals surface area contributed by atoms with Crippen LogP contribution in [-0.4, -0.2) is 48.2 Å². The molecule has 1 N–H and O–H groups in total. The Labute approximate surface area is 143 Å². The molecule has 3 rings (SSSR count). The third-order valence-corrected chi connectivity index (χ3v) is 5.51. The largest absolute Gasteiger partial charge is 0.396 e. The van der Waals surface area contributed by atoms with Gasteiger partial charge < -0.3 is 10.0 Å².